The summed E-state index contributed by atoms with van der Waals surface area (Å²) < 4.78 is 46.3. The van der Waals surface area contributed by atoms with Gasteiger partial charge in [0.1, 0.15) is 12.4 Å². The van der Waals surface area contributed by atoms with Crippen molar-refractivity contribution in [3.05, 3.63) is 29.8 Å². The molecule has 0 aliphatic carbocycles. The number of nitrogens with one attached hydrogen (secondary N) is 1. The maximum atomic E-state index is 12.0. The van der Waals surface area contributed by atoms with E-state index < -0.39 is 12.1 Å². The summed E-state index contributed by atoms with van der Waals surface area (Å²) in [6, 6.07) is 7.42. The maximum Gasteiger partial charge on any atom is 0.471 e. The summed E-state index contributed by atoms with van der Waals surface area (Å²) in [4.78, 5) is 10.6. The van der Waals surface area contributed by atoms with Crippen LogP contribution in [-0.2, 0) is 16.0 Å². The predicted octanol–water partition coefficient (Wildman–Crippen LogP) is 3.10. The van der Waals surface area contributed by atoms with Gasteiger partial charge in [-0.15, -0.1) is 0 Å². The van der Waals surface area contributed by atoms with E-state index in [0.717, 1.165) is 37.9 Å². The molecule has 130 valence electrons. The lowest BCUT2D eigenvalue weighted by Gasteiger charge is -2.10. The second-order valence-electron chi connectivity index (χ2n) is 5.05. The SMILES string of the molecule is COCCCCCc1cccc(OCCNC(=O)C(F)(F)F)c1. The number of ether oxygens (including phenoxy) is 2. The summed E-state index contributed by atoms with van der Waals surface area (Å²) >= 11 is 0. The smallest absolute Gasteiger partial charge is 0.471 e. The van der Waals surface area contributed by atoms with Gasteiger partial charge in [0.25, 0.3) is 0 Å². The molecule has 0 atom stereocenters. The van der Waals surface area contributed by atoms with Gasteiger partial charge in [-0.3, -0.25) is 4.79 Å². The van der Waals surface area contributed by atoms with Crippen LogP contribution in [0.3, 0.4) is 0 Å². The van der Waals surface area contributed by atoms with Crippen LogP contribution >= 0.6 is 0 Å². The first-order valence-corrected chi connectivity index (χ1v) is 7.49. The molecule has 0 aliphatic rings. The highest BCUT2D eigenvalue weighted by molar-refractivity contribution is 5.81. The van der Waals surface area contributed by atoms with Crippen LogP contribution in [0.2, 0.25) is 0 Å². The van der Waals surface area contributed by atoms with Crippen molar-refractivity contribution >= 4 is 5.91 Å². The van der Waals surface area contributed by atoms with E-state index in [1.807, 2.05) is 18.2 Å². The third-order valence-corrected chi connectivity index (χ3v) is 3.13. The minimum Gasteiger partial charge on any atom is -0.492 e. The Kier molecular flexibility index (Phi) is 8.47. The Balaban J connectivity index is 2.27. The molecule has 0 spiro atoms. The summed E-state index contributed by atoms with van der Waals surface area (Å²) in [5, 5.41) is 1.76. The van der Waals surface area contributed by atoms with Crippen LogP contribution in [0, 0.1) is 0 Å². The van der Waals surface area contributed by atoms with Crippen LogP contribution in [0.25, 0.3) is 0 Å². The second kappa shape index (κ2) is 10.1. The fourth-order valence-corrected chi connectivity index (χ4v) is 1.98. The molecule has 7 heteroatoms. The third kappa shape index (κ3) is 8.44. The van der Waals surface area contributed by atoms with Crippen LogP contribution in [0.15, 0.2) is 24.3 Å². The molecule has 23 heavy (non-hydrogen) atoms. The number of halogens is 3. The first-order valence-electron chi connectivity index (χ1n) is 7.49. The zero-order chi connectivity index (χ0) is 17.1. The fourth-order valence-electron chi connectivity index (χ4n) is 1.98. The Hall–Kier alpha value is -1.76. The Morgan fingerprint density at radius 2 is 1.96 bits per heavy atom. The normalized spacial score (nSPS) is 11.3. The Bertz CT molecular complexity index is 478. The first kappa shape index (κ1) is 19.3. The molecule has 1 amide bonds. The Labute approximate surface area is 134 Å². The monoisotopic (exact) mass is 333 g/mol. The number of rotatable bonds is 10. The molecule has 1 aromatic rings. The van der Waals surface area contributed by atoms with Gasteiger partial charge in [-0.05, 0) is 37.0 Å². The number of hydrogen-bond acceptors (Lipinski definition) is 3. The molecule has 0 fully saturated rings. The molecule has 1 rings (SSSR count). The van der Waals surface area contributed by atoms with E-state index in [-0.39, 0.29) is 13.2 Å². The predicted molar refractivity (Wildman–Crippen MR) is 80.4 cm³/mol. The number of unbranched alkanes of at least 4 members (excludes halogenated alkanes) is 2. The van der Waals surface area contributed by atoms with Crippen LogP contribution in [0.5, 0.6) is 5.75 Å². The number of carbonyl (C=O) groups excluding carboxylic acids is 1. The van der Waals surface area contributed by atoms with Gasteiger partial charge >= 0.3 is 12.1 Å². The highest BCUT2D eigenvalue weighted by Gasteiger charge is 2.38. The lowest BCUT2D eigenvalue weighted by atomic mass is 10.1. The van der Waals surface area contributed by atoms with Crippen molar-refractivity contribution in [2.24, 2.45) is 0 Å². The molecule has 0 saturated heterocycles. The van der Waals surface area contributed by atoms with Gasteiger partial charge in [-0.1, -0.05) is 18.6 Å². The van der Waals surface area contributed by atoms with Crippen LogP contribution in [-0.4, -0.2) is 39.0 Å². The van der Waals surface area contributed by atoms with Crippen molar-refractivity contribution in [3.63, 3.8) is 0 Å². The molecular formula is C16H22F3NO3. The van der Waals surface area contributed by atoms with Gasteiger partial charge in [0.2, 0.25) is 0 Å². The summed E-state index contributed by atoms with van der Waals surface area (Å²) in [6.07, 6.45) is -0.823. The number of aryl methyl sites for hydroxylation is 1. The third-order valence-electron chi connectivity index (χ3n) is 3.13. The van der Waals surface area contributed by atoms with Crippen LogP contribution in [0.1, 0.15) is 24.8 Å². The van der Waals surface area contributed by atoms with E-state index in [0.29, 0.717) is 5.75 Å². The van der Waals surface area contributed by atoms with Crippen molar-refractivity contribution in [2.45, 2.75) is 31.9 Å². The Morgan fingerprint density at radius 1 is 1.17 bits per heavy atom. The standard InChI is InChI=1S/C16H22F3NO3/c1-22-10-4-2-3-6-13-7-5-8-14(12-13)23-11-9-20-15(21)16(17,18)19/h5,7-8,12H,2-4,6,9-11H2,1H3,(H,20,21). The summed E-state index contributed by atoms with van der Waals surface area (Å²) in [7, 11) is 1.68. The van der Waals surface area contributed by atoms with Crippen LogP contribution in [0.4, 0.5) is 13.2 Å². The number of methoxy groups -OCH3 is 1. The van der Waals surface area contributed by atoms with Gasteiger partial charge in [0.05, 0.1) is 6.54 Å². The highest BCUT2D eigenvalue weighted by Crippen LogP contribution is 2.16. The van der Waals surface area contributed by atoms with E-state index >= 15 is 0 Å². The molecule has 0 saturated carbocycles. The van der Waals surface area contributed by atoms with Crippen LogP contribution < -0.4 is 10.1 Å². The number of benzene rings is 1. The molecule has 0 aromatic heterocycles. The molecule has 4 nitrogen and oxygen atoms in total. The van der Waals surface area contributed by atoms with Gasteiger partial charge in [0.15, 0.2) is 0 Å². The summed E-state index contributed by atoms with van der Waals surface area (Å²) in [5.41, 5.74) is 1.11. The van der Waals surface area contributed by atoms with Gasteiger partial charge in [-0.25, -0.2) is 0 Å². The van der Waals surface area contributed by atoms with E-state index in [9.17, 15) is 18.0 Å². The van der Waals surface area contributed by atoms with Gasteiger partial charge in [-0.2, -0.15) is 13.2 Å². The Morgan fingerprint density at radius 3 is 2.65 bits per heavy atom. The number of amides is 1. The zero-order valence-corrected chi connectivity index (χ0v) is 13.1. The first-order chi connectivity index (χ1) is 10.9. The second-order valence-corrected chi connectivity index (χ2v) is 5.05. The molecule has 0 heterocycles. The van der Waals surface area contributed by atoms with Crippen molar-refractivity contribution in [3.8, 4) is 5.75 Å². The average molecular weight is 333 g/mol. The maximum absolute atomic E-state index is 12.0. The van der Waals surface area contributed by atoms with E-state index in [1.165, 1.54) is 0 Å². The lowest BCUT2D eigenvalue weighted by molar-refractivity contribution is -0.173. The van der Waals surface area contributed by atoms with E-state index in [1.54, 1.807) is 18.5 Å². The minimum atomic E-state index is -4.86. The molecule has 0 aliphatic heterocycles. The zero-order valence-electron chi connectivity index (χ0n) is 13.1. The molecule has 0 unspecified atom stereocenters. The number of carbonyl (C=O) groups is 1. The molecule has 1 N–H and O–H groups in total. The topological polar surface area (TPSA) is 47.6 Å². The van der Waals surface area contributed by atoms with Crippen molar-refractivity contribution in [2.75, 3.05) is 26.9 Å². The largest absolute Gasteiger partial charge is 0.492 e. The summed E-state index contributed by atoms with van der Waals surface area (Å²) in [6.45, 7) is 0.547. The lowest BCUT2D eigenvalue weighted by Crippen LogP contribution is -2.38. The van der Waals surface area contributed by atoms with E-state index in [2.05, 4.69) is 0 Å². The summed E-state index contributed by atoms with van der Waals surface area (Å²) in [5.74, 6) is -1.37. The van der Waals surface area contributed by atoms with Gasteiger partial charge < -0.3 is 14.8 Å². The van der Waals surface area contributed by atoms with Crippen molar-refractivity contribution in [1.29, 1.82) is 0 Å². The van der Waals surface area contributed by atoms with Crippen molar-refractivity contribution in [1.82, 2.24) is 5.32 Å². The quantitative estimate of drug-likeness (QED) is 0.669. The molecule has 0 radical (unpaired) electrons. The number of alkyl halides is 3. The minimum absolute atomic E-state index is 0.0148. The fraction of sp³-hybridized carbons (Fsp3) is 0.562. The number of hydrogen-bond donors (Lipinski definition) is 1. The van der Waals surface area contributed by atoms with Crippen molar-refractivity contribution < 1.29 is 27.4 Å². The average Bonchev–Trinajstić information content (AvgIpc) is 2.50. The molecular weight excluding hydrogens is 311 g/mol. The van der Waals surface area contributed by atoms with E-state index in [4.69, 9.17) is 9.47 Å². The molecule has 1 aromatic carbocycles. The van der Waals surface area contributed by atoms with Gasteiger partial charge in [0, 0.05) is 13.7 Å². The highest BCUT2D eigenvalue weighted by atomic mass is 19.4. The molecule has 0 bridgehead atoms.